The van der Waals surface area contributed by atoms with Gasteiger partial charge in [-0.15, -0.1) is 0 Å². The fourth-order valence-corrected chi connectivity index (χ4v) is 5.80. The highest BCUT2D eigenvalue weighted by Crippen LogP contribution is 2.33. The molecule has 0 bridgehead atoms. The Hall–Kier alpha value is -2.31. The number of rotatable bonds is 10. The minimum Gasteiger partial charge on any atom is -0.491 e. The maximum atomic E-state index is 12.0. The van der Waals surface area contributed by atoms with Gasteiger partial charge in [-0.1, -0.05) is 12.1 Å². The molecule has 2 saturated heterocycles. The third kappa shape index (κ3) is 7.38. The molecule has 0 spiro atoms. The van der Waals surface area contributed by atoms with E-state index in [1.165, 1.54) is 6.26 Å². The van der Waals surface area contributed by atoms with Crippen LogP contribution in [0.4, 0.5) is 5.82 Å². The van der Waals surface area contributed by atoms with Crippen LogP contribution in [-0.2, 0) is 14.8 Å². The van der Waals surface area contributed by atoms with Crippen LogP contribution >= 0.6 is 0 Å². The molecule has 0 saturated carbocycles. The number of aliphatic hydroxyl groups is 1. The Morgan fingerprint density at radius 2 is 1.92 bits per heavy atom. The molecule has 1 atom stereocenters. The summed E-state index contributed by atoms with van der Waals surface area (Å²) < 4.78 is 36.9. The number of likely N-dealkylation sites (N-methyl/N-ethyl adjacent to an activating group) is 1. The van der Waals surface area contributed by atoms with E-state index in [2.05, 4.69) is 23.3 Å². The summed E-state index contributed by atoms with van der Waals surface area (Å²) in [7, 11) is 0.662. The number of aromatic nitrogens is 2. The van der Waals surface area contributed by atoms with Gasteiger partial charge in [-0.25, -0.2) is 22.7 Å². The van der Waals surface area contributed by atoms with E-state index < -0.39 is 16.1 Å². The molecule has 204 valence electrons. The van der Waals surface area contributed by atoms with Crippen LogP contribution in [0.1, 0.15) is 37.3 Å². The molecule has 0 aliphatic carbocycles. The number of sulfonamides is 1. The summed E-state index contributed by atoms with van der Waals surface area (Å²) in [5, 5.41) is 12.9. The number of hydrogen-bond donors (Lipinski definition) is 2. The Balaban J connectivity index is 1.62. The largest absolute Gasteiger partial charge is 0.491 e. The Morgan fingerprint density at radius 3 is 2.59 bits per heavy atom. The van der Waals surface area contributed by atoms with E-state index in [1.807, 2.05) is 24.3 Å². The molecule has 0 radical (unpaired) electrons. The molecule has 3 heterocycles. The summed E-state index contributed by atoms with van der Waals surface area (Å²) in [6, 6.07) is 10.0. The predicted octanol–water partition coefficient (Wildman–Crippen LogP) is 1.86. The number of anilines is 1. The van der Waals surface area contributed by atoms with Crippen LogP contribution in [0.3, 0.4) is 0 Å². The van der Waals surface area contributed by atoms with Gasteiger partial charge in [0.1, 0.15) is 24.3 Å². The first kappa shape index (κ1) is 27.7. The van der Waals surface area contributed by atoms with Crippen LogP contribution < -0.4 is 15.0 Å². The standard InChI is InChI=1S/C26H39N5O5S/c1-27-17-22(32)18-36-23-6-4-5-20(15-23)26-28-24(19-7-11-31(12-8-19)37(3,33)34)16-25(29-26)30(2)21-9-13-35-14-10-21/h4-6,15-16,19,21-22,27,32H,7-14,17-18H2,1-3H3. The van der Waals surface area contributed by atoms with E-state index in [0.717, 1.165) is 56.0 Å². The Kier molecular flexibility index (Phi) is 9.36. The minimum atomic E-state index is -3.19. The molecular weight excluding hydrogens is 494 g/mol. The highest BCUT2D eigenvalue weighted by molar-refractivity contribution is 7.88. The van der Waals surface area contributed by atoms with Gasteiger partial charge in [0.15, 0.2) is 5.82 Å². The summed E-state index contributed by atoms with van der Waals surface area (Å²) in [4.78, 5) is 12.1. The fraction of sp³-hybridized carbons (Fsp3) is 0.615. The second-order valence-corrected chi connectivity index (χ2v) is 11.9. The van der Waals surface area contributed by atoms with Crippen LogP contribution in [0.5, 0.6) is 5.75 Å². The molecule has 4 rings (SSSR count). The van der Waals surface area contributed by atoms with Gasteiger partial charge in [-0.2, -0.15) is 0 Å². The lowest BCUT2D eigenvalue weighted by atomic mass is 9.94. The number of benzene rings is 1. The van der Waals surface area contributed by atoms with E-state index in [0.29, 0.717) is 37.3 Å². The second-order valence-electron chi connectivity index (χ2n) is 9.92. The van der Waals surface area contributed by atoms with Crippen molar-refractivity contribution in [2.45, 2.75) is 43.7 Å². The van der Waals surface area contributed by atoms with Gasteiger partial charge in [0.2, 0.25) is 10.0 Å². The molecule has 11 heteroatoms. The van der Waals surface area contributed by atoms with Crippen molar-refractivity contribution in [3.05, 3.63) is 36.0 Å². The molecule has 2 N–H and O–H groups in total. The first-order valence-electron chi connectivity index (χ1n) is 12.9. The van der Waals surface area contributed by atoms with Gasteiger partial charge in [0.05, 0.1) is 6.26 Å². The van der Waals surface area contributed by atoms with Crippen molar-refractivity contribution in [3.63, 3.8) is 0 Å². The maximum absolute atomic E-state index is 12.0. The average Bonchev–Trinajstić information content (AvgIpc) is 2.91. The first-order chi connectivity index (χ1) is 17.7. The van der Waals surface area contributed by atoms with Crippen molar-refractivity contribution in [2.75, 3.05) is 64.7 Å². The normalized spacial score (nSPS) is 19.0. The zero-order valence-corrected chi connectivity index (χ0v) is 22.8. The van der Waals surface area contributed by atoms with Gasteiger partial charge in [-0.3, -0.25) is 0 Å². The number of nitrogens with one attached hydrogen (secondary N) is 1. The predicted molar refractivity (Wildman–Crippen MR) is 144 cm³/mol. The number of aliphatic hydroxyl groups excluding tert-OH is 1. The topological polar surface area (TPSA) is 117 Å². The molecule has 2 fully saturated rings. The van der Waals surface area contributed by atoms with Crippen LogP contribution in [0.15, 0.2) is 30.3 Å². The molecule has 1 unspecified atom stereocenters. The third-order valence-electron chi connectivity index (χ3n) is 7.15. The summed E-state index contributed by atoms with van der Waals surface area (Å²) in [5.41, 5.74) is 1.76. The Labute approximate surface area is 220 Å². The lowest BCUT2D eigenvalue weighted by molar-refractivity contribution is 0.0853. The van der Waals surface area contributed by atoms with Gasteiger partial charge in [-0.05, 0) is 44.9 Å². The van der Waals surface area contributed by atoms with Crippen molar-refractivity contribution in [2.24, 2.45) is 0 Å². The Morgan fingerprint density at radius 1 is 1.19 bits per heavy atom. The first-order valence-corrected chi connectivity index (χ1v) is 14.8. The lowest BCUT2D eigenvalue weighted by Gasteiger charge is -2.33. The second kappa shape index (κ2) is 12.5. The monoisotopic (exact) mass is 533 g/mol. The lowest BCUT2D eigenvalue weighted by Crippen LogP contribution is -2.38. The molecule has 2 aromatic rings. The van der Waals surface area contributed by atoms with Gasteiger partial charge in [0.25, 0.3) is 0 Å². The minimum absolute atomic E-state index is 0.151. The molecule has 10 nitrogen and oxygen atoms in total. The zero-order chi connectivity index (χ0) is 26.4. The van der Waals surface area contributed by atoms with Gasteiger partial charge in [0, 0.05) is 69.2 Å². The van der Waals surface area contributed by atoms with E-state index >= 15 is 0 Å². The molecule has 1 aromatic heterocycles. The smallest absolute Gasteiger partial charge is 0.211 e. The SMILES string of the molecule is CNCC(O)COc1cccc(-c2nc(C3CCN(S(C)(=O)=O)CC3)cc(N(C)C3CCOCC3)n2)c1. The van der Waals surface area contributed by atoms with Crippen molar-refractivity contribution in [1.82, 2.24) is 19.6 Å². The summed E-state index contributed by atoms with van der Waals surface area (Å²) in [6.45, 7) is 3.09. The van der Waals surface area contributed by atoms with Crippen molar-refractivity contribution in [3.8, 4) is 17.1 Å². The van der Waals surface area contributed by atoms with Crippen LogP contribution in [0.25, 0.3) is 11.4 Å². The van der Waals surface area contributed by atoms with Crippen LogP contribution in [-0.4, -0.2) is 99.7 Å². The fourth-order valence-electron chi connectivity index (χ4n) is 4.93. The average molecular weight is 534 g/mol. The number of hydrogen-bond acceptors (Lipinski definition) is 9. The molecule has 37 heavy (non-hydrogen) atoms. The van der Waals surface area contributed by atoms with Crippen molar-refractivity contribution < 1.29 is 23.0 Å². The van der Waals surface area contributed by atoms with E-state index in [4.69, 9.17) is 19.4 Å². The van der Waals surface area contributed by atoms with E-state index in [9.17, 15) is 13.5 Å². The van der Waals surface area contributed by atoms with Gasteiger partial charge < -0.3 is 24.8 Å². The van der Waals surface area contributed by atoms with Crippen LogP contribution in [0.2, 0.25) is 0 Å². The summed E-state index contributed by atoms with van der Waals surface area (Å²) >= 11 is 0. The molecule has 2 aliphatic heterocycles. The highest BCUT2D eigenvalue weighted by Gasteiger charge is 2.28. The van der Waals surface area contributed by atoms with E-state index in [1.54, 1.807) is 11.4 Å². The quantitative estimate of drug-likeness (QED) is 0.472. The van der Waals surface area contributed by atoms with Crippen LogP contribution in [0, 0.1) is 0 Å². The molecule has 2 aliphatic rings. The number of piperidine rings is 1. The molecule has 0 amide bonds. The van der Waals surface area contributed by atoms with Crippen molar-refractivity contribution >= 4 is 15.8 Å². The van der Waals surface area contributed by atoms with Gasteiger partial charge >= 0.3 is 0 Å². The zero-order valence-electron chi connectivity index (χ0n) is 22.0. The third-order valence-corrected chi connectivity index (χ3v) is 8.45. The summed E-state index contributed by atoms with van der Waals surface area (Å²) in [5.74, 6) is 2.26. The number of nitrogens with zero attached hydrogens (tertiary/aromatic N) is 4. The maximum Gasteiger partial charge on any atom is 0.211 e. The molecule has 1 aromatic carbocycles. The Bertz CT molecular complexity index is 1130. The molecular formula is C26H39N5O5S. The summed E-state index contributed by atoms with van der Waals surface area (Å²) in [6.07, 6.45) is 3.98. The highest BCUT2D eigenvalue weighted by atomic mass is 32.2. The van der Waals surface area contributed by atoms with E-state index in [-0.39, 0.29) is 12.5 Å². The number of ether oxygens (including phenoxy) is 2. The van der Waals surface area contributed by atoms with Crippen molar-refractivity contribution in [1.29, 1.82) is 0 Å².